The molecule has 2 heterocycles. The molecule has 0 spiro atoms. The smallest absolute Gasteiger partial charge is 0.164 e. The molecule has 120 valence electrons. The fourth-order valence-corrected chi connectivity index (χ4v) is 2.96. The summed E-state index contributed by atoms with van der Waals surface area (Å²) in [5.41, 5.74) is 4.48. The predicted molar refractivity (Wildman–Crippen MR) is 95.2 cm³/mol. The zero-order valence-electron chi connectivity index (χ0n) is 13.9. The van der Waals surface area contributed by atoms with Crippen LogP contribution in [-0.4, -0.2) is 15.8 Å². The zero-order chi connectivity index (χ0) is 16.9. The summed E-state index contributed by atoms with van der Waals surface area (Å²) in [7, 11) is 0. The van der Waals surface area contributed by atoms with Crippen molar-refractivity contribution in [3.05, 3.63) is 95.1 Å². The maximum Gasteiger partial charge on any atom is 0.164 e. The number of carbonyl (C=O) groups excluding carboxylic acids is 1. The molecule has 0 aliphatic heterocycles. The molecular weight excluding hydrogens is 296 g/mol. The Bertz CT molecular complexity index is 769. The summed E-state index contributed by atoms with van der Waals surface area (Å²) in [5, 5.41) is 0. The Morgan fingerprint density at radius 1 is 0.958 bits per heavy atom. The first kappa shape index (κ1) is 16.1. The molecule has 3 heteroatoms. The first-order chi connectivity index (χ1) is 11.6. The molecule has 0 radical (unpaired) electrons. The Kier molecular flexibility index (Phi) is 4.80. The van der Waals surface area contributed by atoms with E-state index >= 15 is 0 Å². The van der Waals surface area contributed by atoms with Crippen molar-refractivity contribution >= 4 is 5.78 Å². The Morgan fingerprint density at radius 2 is 1.62 bits per heavy atom. The van der Waals surface area contributed by atoms with Gasteiger partial charge in [-0.1, -0.05) is 36.4 Å². The van der Waals surface area contributed by atoms with Crippen molar-refractivity contribution < 1.29 is 4.79 Å². The lowest BCUT2D eigenvalue weighted by molar-refractivity contribution is 0.0977. The Hall–Kier alpha value is -2.81. The lowest BCUT2D eigenvalue weighted by atomic mass is 9.88. The highest BCUT2D eigenvalue weighted by Gasteiger charge is 2.20. The van der Waals surface area contributed by atoms with E-state index < -0.39 is 0 Å². The standard InChI is InChI=1S/C21H20N2O/c1-15-12-18(13-16(2)23-15)21(24)14-19(17-8-4-3-5-9-17)20-10-6-7-11-22-20/h3-13,19H,14H2,1-2H3. The highest BCUT2D eigenvalue weighted by Crippen LogP contribution is 2.28. The van der Waals surface area contributed by atoms with Crippen LogP contribution in [0, 0.1) is 13.8 Å². The topological polar surface area (TPSA) is 42.9 Å². The largest absolute Gasteiger partial charge is 0.294 e. The molecule has 0 saturated heterocycles. The van der Waals surface area contributed by atoms with Crippen LogP contribution in [0.5, 0.6) is 0 Å². The Morgan fingerprint density at radius 3 is 2.25 bits per heavy atom. The van der Waals surface area contributed by atoms with Crippen molar-refractivity contribution in [1.82, 2.24) is 9.97 Å². The average molecular weight is 316 g/mol. The van der Waals surface area contributed by atoms with Gasteiger partial charge in [-0.05, 0) is 43.7 Å². The van der Waals surface area contributed by atoms with E-state index in [1.807, 2.05) is 62.4 Å². The van der Waals surface area contributed by atoms with Crippen LogP contribution in [0.2, 0.25) is 0 Å². The molecule has 3 aromatic rings. The molecule has 3 nitrogen and oxygen atoms in total. The summed E-state index contributed by atoms with van der Waals surface area (Å²) in [6, 6.07) is 19.6. The minimum Gasteiger partial charge on any atom is -0.294 e. The fraction of sp³-hybridized carbons (Fsp3) is 0.190. The average Bonchev–Trinajstić information content (AvgIpc) is 2.60. The quantitative estimate of drug-likeness (QED) is 0.651. The maximum absolute atomic E-state index is 12.9. The van der Waals surface area contributed by atoms with E-state index in [1.54, 1.807) is 6.20 Å². The van der Waals surface area contributed by atoms with Gasteiger partial charge in [0.1, 0.15) is 0 Å². The van der Waals surface area contributed by atoms with Gasteiger partial charge < -0.3 is 0 Å². The summed E-state index contributed by atoms with van der Waals surface area (Å²) in [6.45, 7) is 3.83. The summed E-state index contributed by atoms with van der Waals surface area (Å²) >= 11 is 0. The molecular formula is C21H20N2O. The molecule has 1 atom stereocenters. The second-order valence-corrected chi connectivity index (χ2v) is 5.98. The number of ketones is 1. The highest BCUT2D eigenvalue weighted by atomic mass is 16.1. The van der Waals surface area contributed by atoms with Crippen molar-refractivity contribution in [3.8, 4) is 0 Å². The number of hydrogen-bond donors (Lipinski definition) is 0. The number of benzene rings is 1. The number of hydrogen-bond acceptors (Lipinski definition) is 3. The third-order valence-corrected chi connectivity index (χ3v) is 4.04. The normalized spacial score (nSPS) is 11.9. The van der Waals surface area contributed by atoms with Gasteiger partial charge in [0.2, 0.25) is 0 Å². The summed E-state index contributed by atoms with van der Waals surface area (Å²) in [4.78, 5) is 21.7. The van der Waals surface area contributed by atoms with Crippen molar-refractivity contribution in [3.63, 3.8) is 0 Å². The summed E-state index contributed by atoms with van der Waals surface area (Å²) < 4.78 is 0. The molecule has 0 aliphatic carbocycles. The van der Waals surface area contributed by atoms with Crippen molar-refractivity contribution in [1.29, 1.82) is 0 Å². The van der Waals surface area contributed by atoms with Gasteiger partial charge >= 0.3 is 0 Å². The molecule has 0 N–H and O–H groups in total. The van der Waals surface area contributed by atoms with Gasteiger partial charge in [-0.15, -0.1) is 0 Å². The molecule has 1 aromatic carbocycles. The Balaban J connectivity index is 1.93. The maximum atomic E-state index is 12.9. The summed E-state index contributed by atoms with van der Waals surface area (Å²) in [6.07, 6.45) is 2.17. The third kappa shape index (κ3) is 3.74. The van der Waals surface area contributed by atoms with Crippen molar-refractivity contribution in [2.45, 2.75) is 26.2 Å². The lowest BCUT2D eigenvalue weighted by Gasteiger charge is -2.16. The number of Topliss-reactive ketones (excluding diaryl/α,β-unsaturated/α-hetero) is 1. The van der Waals surface area contributed by atoms with E-state index in [0.717, 1.165) is 28.2 Å². The molecule has 0 bridgehead atoms. The van der Waals surface area contributed by atoms with E-state index in [-0.39, 0.29) is 11.7 Å². The van der Waals surface area contributed by atoms with Gasteiger partial charge in [-0.25, -0.2) is 0 Å². The van der Waals surface area contributed by atoms with Gasteiger partial charge in [0, 0.05) is 41.2 Å². The molecule has 1 unspecified atom stereocenters. The van der Waals surface area contributed by atoms with Gasteiger partial charge in [0.15, 0.2) is 5.78 Å². The number of nitrogens with zero attached hydrogens (tertiary/aromatic N) is 2. The molecule has 0 saturated carbocycles. The van der Waals surface area contributed by atoms with Gasteiger partial charge in [-0.2, -0.15) is 0 Å². The van der Waals surface area contributed by atoms with E-state index in [0.29, 0.717) is 6.42 Å². The van der Waals surface area contributed by atoms with Gasteiger partial charge in [0.05, 0.1) is 0 Å². The van der Waals surface area contributed by atoms with E-state index in [1.165, 1.54) is 0 Å². The monoisotopic (exact) mass is 316 g/mol. The lowest BCUT2D eigenvalue weighted by Crippen LogP contribution is -2.11. The Labute approximate surface area is 142 Å². The molecule has 0 aliphatic rings. The van der Waals surface area contributed by atoms with Crippen LogP contribution in [0.1, 0.15) is 45.3 Å². The fourth-order valence-electron chi connectivity index (χ4n) is 2.96. The van der Waals surface area contributed by atoms with Gasteiger partial charge in [-0.3, -0.25) is 14.8 Å². The minimum atomic E-state index is -0.0475. The minimum absolute atomic E-state index is 0.0475. The molecule has 0 fully saturated rings. The van der Waals surface area contributed by atoms with Crippen LogP contribution in [0.25, 0.3) is 0 Å². The zero-order valence-corrected chi connectivity index (χ0v) is 13.9. The van der Waals surface area contributed by atoms with Crippen molar-refractivity contribution in [2.24, 2.45) is 0 Å². The number of aromatic nitrogens is 2. The number of rotatable bonds is 5. The number of aryl methyl sites for hydroxylation is 2. The van der Waals surface area contributed by atoms with Crippen LogP contribution in [-0.2, 0) is 0 Å². The molecule has 0 amide bonds. The van der Waals surface area contributed by atoms with Crippen LogP contribution < -0.4 is 0 Å². The van der Waals surface area contributed by atoms with Crippen LogP contribution in [0.3, 0.4) is 0 Å². The predicted octanol–water partition coefficient (Wildman–Crippen LogP) is 4.50. The van der Waals surface area contributed by atoms with E-state index in [4.69, 9.17) is 0 Å². The van der Waals surface area contributed by atoms with Crippen molar-refractivity contribution in [2.75, 3.05) is 0 Å². The first-order valence-corrected chi connectivity index (χ1v) is 8.08. The summed E-state index contributed by atoms with van der Waals surface area (Å²) in [5.74, 6) is 0.0665. The van der Waals surface area contributed by atoms with Crippen LogP contribution in [0.4, 0.5) is 0 Å². The first-order valence-electron chi connectivity index (χ1n) is 8.08. The van der Waals surface area contributed by atoms with Crippen LogP contribution in [0.15, 0.2) is 66.9 Å². The van der Waals surface area contributed by atoms with E-state index in [9.17, 15) is 4.79 Å². The number of pyridine rings is 2. The molecule has 24 heavy (non-hydrogen) atoms. The third-order valence-electron chi connectivity index (χ3n) is 4.04. The SMILES string of the molecule is Cc1cc(C(=O)CC(c2ccccc2)c2ccccn2)cc(C)n1. The number of carbonyl (C=O) groups is 1. The molecule has 3 rings (SSSR count). The second-order valence-electron chi connectivity index (χ2n) is 5.98. The molecule has 2 aromatic heterocycles. The highest BCUT2D eigenvalue weighted by molar-refractivity contribution is 5.97. The second kappa shape index (κ2) is 7.18. The van der Waals surface area contributed by atoms with E-state index in [2.05, 4.69) is 22.1 Å². The van der Waals surface area contributed by atoms with Gasteiger partial charge in [0.25, 0.3) is 0 Å². The van der Waals surface area contributed by atoms with Crippen LogP contribution >= 0.6 is 0 Å².